The summed E-state index contributed by atoms with van der Waals surface area (Å²) in [5.74, 6) is 1.74. The molecule has 0 aliphatic rings. The Balaban J connectivity index is 1.41. The molecular formula is C22H18ClN7O4. The maximum atomic E-state index is 13.0. The standard InChI is InChI=1S/C22H18ClN7O4/c1-32-16-7-14(8-17(9-16)33-2)20-25-18(34-27-20)11-29-12-24-21-19(22(29)31)26-28-30(21)10-13-4-3-5-15(23)6-13/h3-9,12H,10-11H2,1-2H3. The quantitative estimate of drug-likeness (QED) is 0.346. The molecule has 0 spiro atoms. The first-order valence-electron chi connectivity index (χ1n) is 10.1. The van der Waals surface area contributed by atoms with Crippen molar-refractivity contribution in [2.75, 3.05) is 14.2 Å². The summed E-state index contributed by atoms with van der Waals surface area (Å²) in [7, 11) is 3.11. The maximum Gasteiger partial charge on any atom is 0.283 e. The summed E-state index contributed by atoms with van der Waals surface area (Å²) >= 11 is 6.05. The van der Waals surface area contributed by atoms with Crippen molar-refractivity contribution in [3.63, 3.8) is 0 Å². The first-order chi connectivity index (χ1) is 16.5. The number of hydrogen-bond acceptors (Lipinski definition) is 9. The highest BCUT2D eigenvalue weighted by molar-refractivity contribution is 6.30. The van der Waals surface area contributed by atoms with Gasteiger partial charge in [-0.1, -0.05) is 34.1 Å². The van der Waals surface area contributed by atoms with Gasteiger partial charge in [-0.05, 0) is 29.8 Å². The van der Waals surface area contributed by atoms with Crippen molar-refractivity contribution in [3.05, 3.63) is 75.6 Å². The minimum absolute atomic E-state index is 0.0248. The summed E-state index contributed by atoms with van der Waals surface area (Å²) in [6, 6.07) is 12.6. The van der Waals surface area contributed by atoms with Gasteiger partial charge in [0.05, 0.1) is 20.8 Å². The van der Waals surface area contributed by atoms with Crippen LogP contribution in [0.2, 0.25) is 5.02 Å². The molecule has 3 aromatic heterocycles. The average molecular weight is 480 g/mol. The summed E-state index contributed by atoms with van der Waals surface area (Å²) in [6.45, 7) is 0.404. The molecule has 12 heteroatoms. The number of halogens is 1. The second kappa shape index (κ2) is 8.94. The predicted octanol–water partition coefficient (Wildman–Crippen LogP) is 2.81. The Labute approximate surface area is 197 Å². The van der Waals surface area contributed by atoms with E-state index in [1.54, 1.807) is 43.2 Å². The normalized spacial score (nSPS) is 11.1. The van der Waals surface area contributed by atoms with Crippen molar-refractivity contribution in [2.45, 2.75) is 13.1 Å². The van der Waals surface area contributed by atoms with Crippen LogP contribution in [0.5, 0.6) is 11.5 Å². The second-order valence-corrected chi connectivity index (χ2v) is 7.78. The highest BCUT2D eigenvalue weighted by atomic mass is 35.5. The lowest BCUT2D eigenvalue weighted by molar-refractivity contribution is 0.369. The first kappa shape index (κ1) is 21.6. The van der Waals surface area contributed by atoms with Crippen LogP contribution in [0.3, 0.4) is 0 Å². The third-order valence-corrected chi connectivity index (χ3v) is 5.33. The van der Waals surface area contributed by atoms with E-state index in [0.717, 1.165) is 5.56 Å². The molecule has 172 valence electrons. The lowest BCUT2D eigenvalue weighted by atomic mass is 10.2. The SMILES string of the molecule is COc1cc(OC)cc(-c2noc(Cn3cnc4c(nnn4Cc4cccc(Cl)c4)c3=O)n2)c1. The van der Waals surface area contributed by atoms with E-state index in [1.807, 2.05) is 18.2 Å². The van der Waals surface area contributed by atoms with Crippen molar-refractivity contribution in [1.82, 2.24) is 34.7 Å². The Morgan fingerprint density at radius 1 is 1.06 bits per heavy atom. The van der Waals surface area contributed by atoms with Crippen molar-refractivity contribution >= 4 is 22.8 Å². The Morgan fingerprint density at radius 2 is 1.85 bits per heavy atom. The van der Waals surface area contributed by atoms with Gasteiger partial charge < -0.3 is 14.0 Å². The fourth-order valence-corrected chi connectivity index (χ4v) is 3.65. The van der Waals surface area contributed by atoms with Crippen molar-refractivity contribution in [3.8, 4) is 22.9 Å². The Hall–Kier alpha value is -4.25. The van der Waals surface area contributed by atoms with Crippen LogP contribution in [-0.4, -0.2) is 48.9 Å². The minimum atomic E-state index is -0.370. The van der Waals surface area contributed by atoms with Gasteiger partial charge in [0.2, 0.25) is 11.7 Å². The third-order valence-electron chi connectivity index (χ3n) is 5.10. The van der Waals surface area contributed by atoms with Crippen molar-refractivity contribution in [2.24, 2.45) is 0 Å². The molecule has 0 radical (unpaired) electrons. The molecule has 2 aromatic carbocycles. The number of ether oxygens (including phenoxy) is 2. The molecule has 0 unspecified atom stereocenters. The third kappa shape index (κ3) is 4.20. The Morgan fingerprint density at radius 3 is 2.59 bits per heavy atom. The van der Waals surface area contributed by atoms with Gasteiger partial charge in [0.1, 0.15) is 24.4 Å². The van der Waals surface area contributed by atoms with E-state index in [4.69, 9.17) is 25.6 Å². The molecule has 0 atom stereocenters. The number of methoxy groups -OCH3 is 2. The average Bonchev–Trinajstić information content (AvgIpc) is 3.48. The van der Waals surface area contributed by atoms with Crippen molar-refractivity contribution in [1.29, 1.82) is 0 Å². The number of aromatic nitrogens is 7. The van der Waals surface area contributed by atoms with Crippen LogP contribution in [0.15, 0.2) is 58.1 Å². The summed E-state index contributed by atoms with van der Waals surface area (Å²) in [5, 5.41) is 12.7. The lowest BCUT2D eigenvalue weighted by Gasteiger charge is -2.05. The molecule has 0 saturated heterocycles. The lowest BCUT2D eigenvalue weighted by Crippen LogP contribution is -2.21. The molecular weight excluding hydrogens is 462 g/mol. The van der Waals surface area contributed by atoms with Crippen LogP contribution in [0.25, 0.3) is 22.6 Å². The number of rotatable bonds is 7. The van der Waals surface area contributed by atoms with Crippen molar-refractivity contribution < 1.29 is 14.0 Å². The van der Waals surface area contributed by atoms with Gasteiger partial charge in [-0.2, -0.15) is 4.98 Å². The molecule has 0 aliphatic carbocycles. The molecule has 34 heavy (non-hydrogen) atoms. The van der Waals surface area contributed by atoms with Gasteiger partial charge >= 0.3 is 0 Å². The Bertz CT molecular complexity index is 1520. The van der Waals surface area contributed by atoms with Crippen LogP contribution >= 0.6 is 11.6 Å². The number of fused-ring (bicyclic) bond motifs is 1. The van der Waals surface area contributed by atoms with E-state index in [0.29, 0.717) is 40.1 Å². The first-order valence-corrected chi connectivity index (χ1v) is 10.5. The molecule has 0 amide bonds. The highest BCUT2D eigenvalue weighted by Gasteiger charge is 2.16. The summed E-state index contributed by atoms with van der Waals surface area (Å²) in [4.78, 5) is 21.7. The molecule has 5 rings (SSSR count). The summed E-state index contributed by atoms with van der Waals surface area (Å²) in [6.07, 6.45) is 1.40. The van der Waals surface area contributed by atoms with E-state index >= 15 is 0 Å². The second-order valence-electron chi connectivity index (χ2n) is 7.34. The largest absolute Gasteiger partial charge is 0.497 e. The van der Waals surface area contributed by atoms with Crippen LogP contribution in [0, 0.1) is 0 Å². The molecule has 5 aromatic rings. The molecule has 3 heterocycles. The van der Waals surface area contributed by atoms with E-state index in [2.05, 4.69) is 25.4 Å². The number of nitrogens with zero attached hydrogens (tertiary/aromatic N) is 7. The van der Waals surface area contributed by atoms with E-state index in [1.165, 1.54) is 10.9 Å². The van der Waals surface area contributed by atoms with Crippen LogP contribution < -0.4 is 15.0 Å². The summed E-state index contributed by atoms with van der Waals surface area (Å²) in [5.41, 5.74) is 1.71. The predicted molar refractivity (Wildman–Crippen MR) is 122 cm³/mol. The van der Waals surface area contributed by atoms with Crippen LogP contribution in [0.4, 0.5) is 0 Å². The monoisotopic (exact) mass is 479 g/mol. The molecule has 0 fully saturated rings. The molecule has 0 bridgehead atoms. The zero-order chi connectivity index (χ0) is 23.7. The van der Waals surface area contributed by atoms with Gasteiger partial charge in [-0.3, -0.25) is 9.36 Å². The topological polar surface area (TPSA) is 123 Å². The Kier molecular flexibility index (Phi) is 5.68. The van der Waals surface area contributed by atoms with E-state index in [9.17, 15) is 4.79 Å². The number of benzene rings is 2. The maximum absolute atomic E-state index is 13.0. The van der Waals surface area contributed by atoms with E-state index in [-0.39, 0.29) is 23.5 Å². The zero-order valence-electron chi connectivity index (χ0n) is 18.2. The zero-order valence-corrected chi connectivity index (χ0v) is 18.9. The van der Waals surface area contributed by atoms with Crippen LogP contribution in [0.1, 0.15) is 11.5 Å². The molecule has 11 nitrogen and oxygen atoms in total. The molecule has 0 N–H and O–H groups in total. The molecule has 0 saturated carbocycles. The molecule has 0 aliphatic heterocycles. The van der Waals surface area contributed by atoms with Gasteiger partial charge in [-0.25, -0.2) is 9.67 Å². The van der Waals surface area contributed by atoms with Gasteiger partial charge in [0.15, 0.2) is 11.2 Å². The smallest absolute Gasteiger partial charge is 0.283 e. The fourth-order valence-electron chi connectivity index (χ4n) is 3.43. The summed E-state index contributed by atoms with van der Waals surface area (Å²) < 4.78 is 18.8. The highest BCUT2D eigenvalue weighted by Crippen LogP contribution is 2.28. The van der Waals surface area contributed by atoms with Crippen LogP contribution in [-0.2, 0) is 13.1 Å². The van der Waals surface area contributed by atoms with Gasteiger partial charge in [0.25, 0.3) is 5.56 Å². The number of hydrogen-bond donors (Lipinski definition) is 0. The fraction of sp³-hybridized carbons (Fsp3) is 0.182. The van der Waals surface area contributed by atoms with Gasteiger partial charge in [0, 0.05) is 16.7 Å². The van der Waals surface area contributed by atoms with Gasteiger partial charge in [-0.15, -0.1) is 5.10 Å². The minimum Gasteiger partial charge on any atom is -0.497 e. The van der Waals surface area contributed by atoms with E-state index < -0.39 is 0 Å².